The molecule has 6 heteroatoms. The van der Waals surface area contributed by atoms with Gasteiger partial charge >= 0.3 is 0 Å². The van der Waals surface area contributed by atoms with E-state index >= 15 is 0 Å². The van der Waals surface area contributed by atoms with E-state index in [-0.39, 0.29) is 25.0 Å². The Kier molecular flexibility index (Phi) is 3.27. The van der Waals surface area contributed by atoms with Crippen molar-refractivity contribution < 1.29 is 14.3 Å². The molecule has 0 bridgehead atoms. The monoisotopic (exact) mass is 283 g/mol. The number of pyridine rings is 1. The summed E-state index contributed by atoms with van der Waals surface area (Å²) >= 11 is 0. The number of benzene rings is 1. The van der Waals surface area contributed by atoms with Crippen molar-refractivity contribution in [3.8, 4) is 5.75 Å². The van der Waals surface area contributed by atoms with Crippen LogP contribution in [0.3, 0.4) is 0 Å². The molecule has 3 rings (SSSR count). The van der Waals surface area contributed by atoms with E-state index < -0.39 is 0 Å². The first kappa shape index (κ1) is 13.1. The maximum atomic E-state index is 12.1. The Morgan fingerprint density at radius 3 is 2.48 bits per heavy atom. The summed E-state index contributed by atoms with van der Waals surface area (Å²) in [5, 5.41) is 0. The summed E-state index contributed by atoms with van der Waals surface area (Å²) in [7, 11) is 0. The van der Waals surface area contributed by atoms with E-state index in [1.165, 1.54) is 17.3 Å². The molecular formula is C15H13N3O3. The molecule has 0 fully saturated rings. The van der Waals surface area contributed by atoms with Gasteiger partial charge in [-0.3, -0.25) is 19.5 Å². The van der Waals surface area contributed by atoms with E-state index in [0.717, 1.165) is 0 Å². The van der Waals surface area contributed by atoms with E-state index in [0.29, 0.717) is 22.6 Å². The number of fused-ring (bicyclic) bond motifs is 1. The zero-order valence-corrected chi connectivity index (χ0v) is 11.2. The number of nitrogen functional groups attached to an aromatic ring is 1. The van der Waals surface area contributed by atoms with Crippen LogP contribution in [0, 0.1) is 0 Å². The standard InChI is InChI=1S/C15H13N3O3/c16-10-1-3-11(4-2-10)21-8-7-18-14(19)12-5-6-17-9-13(12)15(18)20/h1-6,9H,7-8,16H2. The van der Waals surface area contributed by atoms with Crippen LogP contribution in [0.25, 0.3) is 0 Å². The summed E-state index contributed by atoms with van der Waals surface area (Å²) in [5.41, 5.74) is 6.96. The molecule has 1 aromatic heterocycles. The van der Waals surface area contributed by atoms with Gasteiger partial charge in [0.15, 0.2) is 0 Å². The van der Waals surface area contributed by atoms with E-state index in [1.54, 1.807) is 30.3 Å². The summed E-state index contributed by atoms with van der Waals surface area (Å²) in [4.78, 5) is 29.2. The predicted octanol–water partition coefficient (Wildman–Crippen LogP) is 1.34. The number of nitrogens with zero attached hydrogens (tertiary/aromatic N) is 2. The minimum absolute atomic E-state index is 0.191. The second kappa shape index (κ2) is 5.24. The highest BCUT2D eigenvalue weighted by molar-refractivity contribution is 6.21. The van der Waals surface area contributed by atoms with Crippen LogP contribution < -0.4 is 10.5 Å². The number of aromatic nitrogens is 1. The Hall–Kier alpha value is -2.89. The predicted molar refractivity (Wildman–Crippen MR) is 76.0 cm³/mol. The normalized spacial score (nSPS) is 13.4. The molecule has 0 atom stereocenters. The van der Waals surface area contributed by atoms with Gasteiger partial charge in [0.2, 0.25) is 0 Å². The lowest BCUT2D eigenvalue weighted by molar-refractivity contribution is 0.0631. The first-order chi connectivity index (χ1) is 10.2. The fourth-order valence-corrected chi connectivity index (χ4v) is 2.16. The number of amides is 2. The van der Waals surface area contributed by atoms with Gasteiger partial charge in [0.25, 0.3) is 11.8 Å². The molecule has 0 unspecified atom stereocenters. The first-order valence-corrected chi connectivity index (χ1v) is 6.45. The van der Waals surface area contributed by atoms with Crippen LogP contribution in [-0.4, -0.2) is 34.8 Å². The summed E-state index contributed by atoms with van der Waals surface area (Å²) in [6, 6.07) is 8.48. The number of rotatable bonds is 4. The zero-order valence-electron chi connectivity index (χ0n) is 11.2. The third-order valence-electron chi connectivity index (χ3n) is 3.24. The Morgan fingerprint density at radius 1 is 1.05 bits per heavy atom. The minimum atomic E-state index is -0.330. The van der Waals surface area contributed by atoms with Crippen molar-refractivity contribution in [3.63, 3.8) is 0 Å². The molecule has 106 valence electrons. The molecule has 1 aliphatic heterocycles. The Labute approximate surface area is 121 Å². The highest BCUT2D eigenvalue weighted by atomic mass is 16.5. The maximum absolute atomic E-state index is 12.1. The van der Waals surface area contributed by atoms with E-state index in [4.69, 9.17) is 10.5 Å². The Bertz CT molecular complexity index is 663. The van der Waals surface area contributed by atoms with Crippen LogP contribution in [0.15, 0.2) is 42.7 Å². The van der Waals surface area contributed by atoms with Crippen molar-refractivity contribution in [2.24, 2.45) is 0 Å². The summed E-state index contributed by atoms with van der Waals surface area (Å²) in [6.45, 7) is 0.416. The lowest BCUT2D eigenvalue weighted by atomic mass is 10.2. The van der Waals surface area contributed by atoms with Crippen molar-refractivity contribution in [1.82, 2.24) is 9.88 Å². The van der Waals surface area contributed by atoms with Gasteiger partial charge in [-0.2, -0.15) is 0 Å². The number of carbonyl (C=O) groups excluding carboxylic acids is 2. The fourth-order valence-electron chi connectivity index (χ4n) is 2.16. The fraction of sp³-hybridized carbons (Fsp3) is 0.133. The van der Waals surface area contributed by atoms with Gasteiger partial charge < -0.3 is 10.5 Å². The first-order valence-electron chi connectivity index (χ1n) is 6.45. The zero-order chi connectivity index (χ0) is 14.8. The summed E-state index contributed by atoms with van der Waals surface area (Å²) in [6.07, 6.45) is 2.91. The van der Waals surface area contributed by atoms with Gasteiger partial charge in [-0.25, -0.2) is 0 Å². The second-order valence-corrected chi connectivity index (χ2v) is 4.60. The van der Waals surface area contributed by atoms with Crippen LogP contribution in [0.1, 0.15) is 20.7 Å². The number of anilines is 1. The van der Waals surface area contributed by atoms with E-state index in [2.05, 4.69) is 4.98 Å². The van der Waals surface area contributed by atoms with Crippen LogP contribution in [0.4, 0.5) is 5.69 Å². The topological polar surface area (TPSA) is 85.5 Å². The minimum Gasteiger partial charge on any atom is -0.492 e. The largest absolute Gasteiger partial charge is 0.492 e. The third kappa shape index (κ3) is 2.43. The Balaban J connectivity index is 1.63. The molecular weight excluding hydrogens is 270 g/mol. The highest BCUT2D eigenvalue weighted by Crippen LogP contribution is 2.21. The molecule has 0 saturated carbocycles. The van der Waals surface area contributed by atoms with Crippen molar-refractivity contribution in [2.75, 3.05) is 18.9 Å². The molecule has 1 aliphatic rings. The molecule has 6 nitrogen and oxygen atoms in total. The van der Waals surface area contributed by atoms with Crippen LogP contribution >= 0.6 is 0 Å². The van der Waals surface area contributed by atoms with Crippen LogP contribution in [0.5, 0.6) is 5.75 Å². The van der Waals surface area contributed by atoms with Gasteiger partial charge in [0, 0.05) is 18.1 Å². The van der Waals surface area contributed by atoms with Gasteiger partial charge in [0.1, 0.15) is 12.4 Å². The number of nitrogens with two attached hydrogens (primary N) is 1. The smallest absolute Gasteiger partial charge is 0.263 e. The SMILES string of the molecule is Nc1ccc(OCCN2C(=O)c3ccncc3C2=O)cc1. The lowest BCUT2D eigenvalue weighted by Crippen LogP contribution is -2.33. The Morgan fingerprint density at radius 2 is 1.76 bits per heavy atom. The number of ether oxygens (including phenoxy) is 1. The van der Waals surface area contributed by atoms with E-state index in [1.807, 2.05) is 0 Å². The number of carbonyl (C=O) groups is 2. The summed E-state index contributed by atoms with van der Waals surface area (Å²) in [5.74, 6) is 0.00443. The molecule has 2 heterocycles. The average molecular weight is 283 g/mol. The molecule has 0 radical (unpaired) electrons. The number of hydrogen-bond donors (Lipinski definition) is 1. The van der Waals surface area contributed by atoms with Crippen molar-refractivity contribution in [3.05, 3.63) is 53.9 Å². The molecule has 0 aliphatic carbocycles. The van der Waals surface area contributed by atoms with Gasteiger partial charge in [-0.05, 0) is 30.3 Å². The van der Waals surface area contributed by atoms with Gasteiger partial charge in [0.05, 0.1) is 17.7 Å². The van der Waals surface area contributed by atoms with Crippen molar-refractivity contribution >= 4 is 17.5 Å². The van der Waals surface area contributed by atoms with Gasteiger partial charge in [-0.15, -0.1) is 0 Å². The van der Waals surface area contributed by atoms with Gasteiger partial charge in [-0.1, -0.05) is 0 Å². The number of imide groups is 1. The maximum Gasteiger partial charge on any atom is 0.263 e. The van der Waals surface area contributed by atoms with Crippen LogP contribution in [0.2, 0.25) is 0 Å². The van der Waals surface area contributed by atoms with E-state index in [9.17, 15) is 9.59 Å². The number of hydrogen-bond acceptors (Lipinski definition) is 5. The molecule has 0 spiro atoms. The molecule has 2 aromatic rings. The summed E-state index contributed by atoms with van der Waals surface area (Å²) < 4.78 is 5.50. The molecule has 2 amide bonds. The molecule has 2 N–H and O–H groups in total. The third-order valence-corrected chi connectivity index (χ3v) is 3.24. The second-order valence-electron chi connectivity index (χ2n) is 4.60. The van der Waals surface area contributed by atoms with Crippen molar-refractivity contribution in [2.45, 2.75) is 0 Å². The highest BCUT2D eigenvalue weighted by Gasteiger charge is 2.35. The quantitative estimate of drug-likeness (QED) is 0.676. The molecule has 21 heavy (non-hydrogen) atoms. The average Bonchev–Trinajstić information content (AvgIpc) is 2.75. The van der Waals surface area contributed by atoms with Crippen molar-refractivity contribution in [1.29, 1.82) is 0 Å². The van der Waals surface area contributed by atoms with Crippen LogP contribution in [-0.2, 0) is 0 Å². The molecule has 0 saturated heterocycles. The molecule has 1 aromatic carbocycles. The lowest BCUT2D eigenvalue weighted by Gasteiger charge is -2.14.